The molecule has 19 heavy (non-hydrogen) atoms. The van der Waals surface area contributed by atoms with Gasteiger partial charge in [-0.3, -0.25) is 0 Å². The van der Waals surface area contributed by atoms with Crippen molar-refractivity contribution >= 4 is 0 Å². The Morgan fingerprint density at radius 1 is 0.316 bits per heavy atom. The fraction of sp³-hybridized carbons (Fsp3) is 0.833. The van der Waals surface area contributed by atoms with Gasteiger partial charge in [0.2, 0.25) is 0 Å². The van der Waals surface area contributed by atoms with E-state index in [9.17, 15) is 0 Å². The minimum atomic E-state index is 0. The predicted octanol–water partition coefficient (Wildman–Crippen LogP) is 6.46. The first-order chi connectivity index (χ1) is 9.00. The van der Waals surface area contributed by atoms with Crippen LogP contribution in [0.3, 0.4) is 0 Å². The van der Waals surface area contributed by atoms with E-state index in [1.807, 2.05) is 0 Å². The van der Waals surface area contributed by atoms with Crippen LogP contribution in [0.2, 0.25) is 0 Å². The fourth-order valence-electron chi connectivity index (χ4n) is 2.70. The molecule has 0 unspecified atom stereocenters. The van der Waals surface area contributed by atoms with Gasteiger partial charge in [0.15, 0.2) is 0 Å². The number of hydrogen-bond donors (Lipinski definition) is 0. The summed E-state index contributed by atoms with van der Waals surface area (Å²) in [5.41, 5.74) is 0. The van der Waals surface area contributed by atoms with E-state index in [2.05, 4.69) is 19.3 Å². The molecule has 3 aliphatic carbocycles. The summed E-state index contributed by atoms with van der Waals surface area (Å²) in [5, 5.41) is 0. The first-order valence-corrected chi connectivity index (χ1v) is 8.45. The third-order valence-electron chi connectivity index (χ3n) is 3.95. The zero-order chi connectivity index (χ0) is 12.7. The van der Waals surface area contributed by atoms with Gasteiger partial charge in [-0.15, -0.1) is 0 Å². The average molecular weight is 351 g/mol. The van der Waals surface area contributed by atoms with Crippen LogP contribution in [-0.2, 0) is 19.5 Å². The van der Waals surface area contributed by atoms with E-state index in [-0.39, 0.29) is 19.5 Å². The first kappa shape index (κ1) is 19.6. The Bertz CT molecular complexity index is 80.7. The Balaban J connectivity index is 0.000000249. The van der Waals surface area contributed by atoms with E-state index in [1.54, 1.807) is 0 Å². The molecule has 0 N–H and O–H groups in total. The van der Waals surface area contributed by atoms with Crippen molar-refractivity contribution < 1.29 is 19.5 Å². The van der Waals surface area contributed by atoms with Gasteiger partial charge in [-0.2, -0.15) is 38.5 Å². The molecule has 3 saturated carbocycles. The van der Waals surface area contributed by atoms with Gasteiger partial charge >= 0.3 is 19.5 Å². The van der Waals surface area contributed by atoms with E-state index in [0.717, 1.165) is 0 Å². The molecule has 1 radical (unpaired) electrons. The summed E-state index contributed by atoms with van der Waals surface area (Å²) >= 11 is 0. The second kappa shape index (κ2) is 16.7. The molecule has 113 valence electrons. The molecule has 0 atom stereocenters. The van der Waals surface area contributed by atoms with Crippen LogP contribution in [0.5, 0.6) is 0 Å². The van der Waals surface area contributed by atoms with Crippen molar-refractivity contribution in [2.45, 2.75) is 96.3 Å². The molecule has 3 rings (SSSR count). The molecule has 0 aromatic rings. The first-order valence-electron chi connectivity index (χ1n) is 8.45. The molecular weight excluding hydrogens is 317 g/mol. The van der Waals surface area contributed by atoms with E-state index in [1.165, 1.54) is 96.3 Å². The summed E-state index contributed by atoms with van der Waals surface area (Å²) in [4.78, 5) is 0. The largest absolute Gasteiger partial charge is 3.00 e. The standard InChI is InChI=1S/3C6H11.Ru/c3*1-2-4-6-5-3-1;/h3*1H,2-6H2;/q3*-1;+3. The van der Waals surface area contributed by atoms with Crippen LogP contribution in [0.25, 0.3) is 0 Å². The molecular formula is C18H33Ru. The molecule has 0 amide bonds. The smallest absolute Gasteiger partial charge is 0.328 e. The molecule has 1 heteroatoms. The quantitative estimate of drug-likeness (QED) is 0.347. The zero-order valence-corrected chi connectivity index (χ0v) is 14.4. The third-order valence-corrected chi connectivity index (χ3v) is 3.95. The zero-order valence-electron chi connectivity index (χ0n) is 12.7. The van der Waals surface area contributed by atoms with Crippen molar-refractivity contribution in [1.82, 2.24) is 0 Å². The van der Waals surface area contributed by atoms with Crippen LogP contribution < -0.4 is 0 Å². The Morgan fingerprint density at radius 3 is 0.579 bits per heavy atom. The Morgan fingerprint density at radius 2 is 0.526 bits per heavy atom. The van der Waals surface area contributed by atoms with E-state index in [0.29, 0.717) is 0 Å². The van der Waals surface area contributed by atoms with Gasteiger partial charge in [-0.05, 0) is 0 Å². The Kier molecular flexibility index (Phi) is 17.2. The van der Waals surface area contributed by atoms with Crippen LogP contribution in [0, 0.1) is 19.3 Å². The maximum absolute atomic E-state index is 2.39. The SMILES string of the molecule is [CH-]1CCCCC1.[CH-]1CCCCC1.[CH-]1CCCCC1.[Ru+3]. The summed E-state index contributed by atoms with van der Waals surface area (Å²) < 4.78 is 0. The summed E-state index contributed by atoms with van der Waals surface area (Å²) in [6, 6.07) is 0. The Labute approximate surface area is 135 Å². The van der Waals surface area contributed by atoms with Gasteiger partial charge in [0.1, 0.15) is 0 Å². The second-order valence-corrected chi connectivity index (χ2v) is 5.78. The van der Waals surface area contributed by atoms with Crippen molar-refractivity contribution in [1.29, 1.82) is 0 Å². The van der Waals surface area contributed by atoms with Crippen molar-refractivity contribution in [3.63, 3.8) is 0 Å². The molecule has 0 aromatic carbocycles. The summed E-state index contributed by atoms with van der Waals surface area (Å²) in [7, 11) is 0. The maximum Gasteiger partial charge on any atom is 3.00 e. The van der Waals surface area contributed by atoms with Crippen molar-refractivity contribution in [2.24, 2.45) is 0 Å². The van der Waals surface area contributed by atoms with Gasteiger partial charge in [0.05, 0.1) is 0 Å². The monoisotopic (exact) mass is 351 g/mol. The predicted molar refractivity (Wildman–Crippen MR) is 82.2 cm³/mol. The second-order valence-electron chi connectivity index (χ2n) is 5.78. The number of rotatable bonds is 0. The van der Waals surface area contributed by atoms with Crippen LogP contribution in [0.15, 0.2) is 0 Å². The van der Waals surface area contributed by atoms with Crippen molar-refractivity contribution in [2.75, 3.05) is 0 Å². The van der Waals surface area contributed by atoms with Gasteiger partial charge in [-0.25, -0.2) is 0 Å². The van der Waals surface area contributed by atoms with Crippen molar-refractivity contribution in [3.8, 4) is 0 Å². The van der Waals surface area contributed by atoms with Gasteiger partial charge in [0.25, 0.3) is 0 Å². The molecule has 3 aliphatic rings. The van der Waals surface area contributed by atoms with E-state index < -0.39 is 0 Å². The molecule has 0 aromatic heterocycles. The third kappa shape index (κ3) is 14.8. The minimum Gasteiger partial charge on any atom is -0.328 e. The topological polar surface area (TPSA) is 0 Å². The summed E-state index contributed by atoms with van der Waals surface area (Å²) in [5.74, 6) is 0. The Hall–Kier alpha value is 0.623. The number of hydrogen-bond acceptors (Lipinski definition) is 0. The van der Waals surface area contributed by atoms with Crippen LogP contribution in [-0.4, -0.2) is 0 Å². The van der Waals surface area contributed by atoms with Crippen LogP contribution >= 0.6 is 0 Å². The van der Waals surface area contributed by atoms with Crippen LogP contribution in [0.4, 0.5) is 0 Å². The summed E-state index contributed by atoms with van der Waals surface area (Å²) in [6.45, 7) is 0. The summed E-state index contributed by atoms with van der Waals surface area (Å²) in [6.07, 6.45) is 28.5. The molecule has 0 nitrogen and oxygen atoms in total. The molecule has 0 heterocycles. The normalized spacial score (nSPS) is 22.7. The van der Waals surface area contributed by atoms with E-state index >= 15 is 0 Å². The molecule has 0 saturated heterocycles. The minimum absolute atomic E-state index is 0. The molecule has 0 aliphatic heterocycles. The van der Waals surface area contributed by atoms with Crippen LogP contribution in [0.1, 0.15) is 96.3 Å². The molecule has 3 fully saturated rings. The fourth-order valence-corrected chi connectivity index (χ4v) is 2.70. The molecule has 0 bridgehead atoms. The van der Waals surface area contributed by atoms with Gasteiger partial charge < -0.3 is 19.3 Å². The molecule has 0 spiro atoms. The maximum atomic E-state index is 2.39. The van der Waals surface area contributed by atoms with Crippen molar-refractivity contribution in [3.05, 3.63) is 19.3 Å². The van der Waals surface area contributed by atoms with E-state index in [4.69, 9.17) is 0 Å². The van der Waals surface area contributed by atoms with Gasteiger partial charge in [0, 0.05) is 0 Å². The van der Waals surface area contributed by atoms with Gasteiger partial charge in [-0.1, -0.05) is 57.8 Å². The average Bonchev–Trinajstić information content (AvgIpc) is 2.54.